The summed E-state index contributed by atoms with van der Waals surface area (Å²) in [5, 5.41) is 11.8. The Balaban J connectivity index is 1.93. The Morgan fingerprint density at radius 2 is 2.47 bits per heavy atom. The maximum atomic E-state index is 8.73. The summed E-state index contributed by atoms with van der Waals surface area (Å²) in [6, 6.07) is 0.0869. The van der Waals surface area contributed by atoms with Crippen molar-refractivity contribution in [2.45, 2.75) is 32.4 Å². The zero-order valence-corrected chi connectivity index (χ0v) is 10.1. The van der Waals surface area contributed by atoms with Crippen molar-refractivity contribution >= 4 is 5.84 Å². The number of hydrogen-bond donors (Lipinski definition) is 2. The molecule has 0 aromatic carbocycles. The van der Waals surface area contributed by atoms with Crippen LogP contribution in [0.2, 0.25) is 0 Å². The molecule has 0 amide bonds. The fraction of sp³-hybridized carbons (Fsp3) is 0.636. The molecule has 1 atom stereocenters. The second kappa shape index (κ2) is 5.18. The van der Waals surface area contributed by atoms with Crippen molar-refractivity contribution < 1.29 is 5.21 Å². The van der Waals surface area contributed by atoms with Crippen molar-refractivity contribution in [1.82, 2.24) is 14.5 Å². The molecule has 1 saturated heterocycles. The first kappa shape index (κ1) is 11.9. The normalized spacial score (nSPS) is 22.2. The van der Waals surface area contributed by atoms with Crippen LogP contribution in [0, 0.1) is 6.92 Å². The van der Waals surface area contributed by atoms with Crippen LogP contribution in [-0.2, 0) is 6.54 Å². The van der Waals surface area contributed by atoms with Crippen LogP contribution in [0.15, 0.2) is 17.5 Å². The molecule has 1 aliphatic heterocycles. The van der Waals surface area contributed by atoms with Gasteiger partial charge in [-0.2, -0.15) is 0 Å². The van der Waals surface area contributed by atoms with Gasteiger partial charge in [0, 0.05) is 25.5 Å². The second-order valence-electron chi connectivity index (χ2n) is 4.39. The summed E-state index contributed by atoms with van der Waals surface area (Å²) in [5.74, 6) is 1.34. The van der Waals surface area contributed by atoms with E-state index in [4.69, 9.17) is 10.9 Å². The Hall–Kier alpha value is -1.56. The van der Waals surface area contributed by atoms with Crippen LogP contribution in [0.4, 0.5) is 0 Å². The third kappa shape index (κ3) is 2.58. The maximum Gasteiger partial charge on any atom is 0.156 e. The van der Waals surface area contributed by atoms with Gasteiger partial charge in [-0.25, -0.2) is 4.98 Å². The van der Waals surface area contributed by atoms with Gasteiger partial charge in [-0.05, 0) is 26.3 Å². The van der Waals surface area contributed by atoms with E-state index in [-0.39, 0.29) is 6.04 Å². The molecule has 0 bridgehead atoms. The fourth-order valence-electron chi connectivity index (χ4n) is 2.37. The largest absolute Gasteiger partial charge is 0.409 e. The molecule has 2 rings (SSSR count). The number of aryl methyl sites for hydroxylation is 1. The first-order valence-corrected chi connectivity index (χ1v) is 5.91. The fourth-order valence-corrected chi connectivity index (χ4v) is 2.37. The standard InChI is InChI=1S/C11H19N5O/c1-9-13-4-6-15(9)7-8-16-5-2-3-10(16)11(12)14-17/h4,6,10,17H,2-3,5,7-8H2,1H3,(H2,12,14). The minimum Gasteiger partial charge on any atom is -0.409 e. The van der Waals surface area contributed by atoms with Crippen LogP contribution in [0.25, 0.3) is 0 Å². The van der Waals surface area contributed by atoms with E-state index in [1.807, 2.05) is 13.1 Å². The molecule has 6 nitrogen and oxygen atoms in total. The Labute approximate surface area is 101 Å². The number of likely N-dealkylation sites (tertiary alicyclic amines) is 1. The van der Waals surface area contributed by atoms with Crippen LogP contribution >= 0.6 is 0 Å². The maximum absolute atomic E-state index is 8.73. The number of aromatic nitrogens is 2. The monoisotopic (exact) mass is 237 g/mol. The van der Waals surface area contributed by atoms with Gasteiger partial charge in [0.1, 0.15) is 5.82 Å². The SMILES string of the molecule is Cc1nccn1CCN1CCCC1C(N)=NO. The van der Waals surface area contributed by atoms with Gasteiger partial charge in [0.2, 0.25) is 0 Å². The minimum atomic E-state index is 0.0869. The topological polar surface area (TPSA) is 79.7 Å². The zero-order valence-electron chi connectivity index (χ0n) is 10.1. The van der Waals surface area contributed by atoms with Crippen molar-refractivity contribution in [2.24, 2.45) is 10.9 Å². The quantitative estimate of drug-likeness (QED) is 0.344. The number of nitrogens with zero attached hydrogens (tertiary/aromatic N) is 4. The molecule has 94 valence electrons. The number of amidine groups is 1. The smallest absolute Gasteiger partial charge is 0.156 e. The number of hydrogen-bond acceptors (Lipinski definition) is 4. The molecule has 0 radical (unpaired) electrons. The van der Waals surface area contributed by atoms with Gasteiger partial charge >= 0.3 is 0 Å². The zero-order chi connectivity index (χ0) is 12.3. The van der Waals surface area contributed by atoms with E-state index < -0.39 is 0 Å². The van der Waals surface area contributed by atoms with Crippen molar-refractivity contribution in [2.75, 3.05) is 13.1 Å². The Kier molecular flexibility index (Phi) is 3.63. The van der Waals surface area contributed by atoms with Gasteiger partial charge < -0.3 is 15.5 Å². The number of oxime groups is 1. The predicted octanol–water partition coefficient (Wildman–Crippen LogP) is 0.402. The molecular formula is C11H19N5O. The lowest BCUT2D eigenvalue weighted by Gasteiger charge is -2.23. The van der Waals surface area contributed by atoms with Gasteiger partial charge in [-0.1, -0.05) is 5.16 Å². The molecule has 1 aliphatic rings. The van der Waals surface area contributed by atoms with Crippen molar-refractivity contribution in [1.29, 1.82) is 0 Å². The van der Waals surface area contributed by atoms with E-state index in [9.17, 15) is 0 Å². The van der Waals surface area contributed by atoms with Crippen LogP contribution < -0.4 is 5.73 Å². The first-order chi connectivity index (χ1) is 8.22. The molecule has 3 N–H and O–H groups in total. The van der Waals surface area contributed by atoms with E-state index in [2.05, 4.69) is 19.6 Å². The molecular weight excluding hydrogens is 218 g/mol. The summed E-state index contributed by atoms with van der Waals surface area (Å²) in [6.45, 7) is 4.79. The molecule has 0 saturated carbocycles. The number of imidazole rings is 1. The number of rotatable bonds is 4. The Morgan fingerprint density at radius 1 is 1.65 bits per heavy atom. The molecule has 1 fully saturated rings. The van der Waals surface area contributed by atoms with E-state index in [0.29, 0.717) is 5.84 Å². The minimum absolute atomic E-state index is 0.0869. The highest BCUT2D eigenvalue weighted by Crippen LogP contribution is 2.17. The molecule has 6 heteroatoms. The van der Waals surface area contributed by atoms with Crippen molar-refractivity contribution in [3.8, 4) is 0 Å². The van der Waals surface area contributed by atoms with Gasteiger partial charge in [0.15, 0.2) is 5.84 Å². The van der Waals surface area contributed by atoms with Gasteiger partial charge in [-0.3, -0.25) is 4.90 Å². The van der Waals surface area contributed by atoms with Gasteiger partial charge in [0.25, 0.3) is 0 Å². The molecule has 17 heavy (non-hydrogen) atoms. The predicted molar refractivity (Wildman–Crippen MR) is 65.0 cm³/mol. The molecule has 0 aliphatic carbocycles. The van der Waals surface area contributed by atoms with Gasteiger partial charge in [0.05, 0.1) is 6.04 Å². The highest BCUT2D eigenvalue weighted by molar-refractivity contribution is 5.85. The third-order valence-electron chi connectivity index (χ3n) is 3.37. The van der Waals surface area contributed by atoms with Crippen LogP contribution in [-0.4, -0.2) is 44.6 Å². The molecule has 2 heterocycles. The summed E-state index contributed by atoms with van der Waals surface area (Å²) < 4.78 is 2.11. The van der Waals surface area contributed by atoms with E-state index in [1.165, 1.54) is 0 Å². The van der Waals surface area contributed by atoms with Crippen LogP contribution in [0.1, 0.15) is 18.7 Å². The highest BCUT2D eigenvalue weighted by Gasteiger charge is 2.27. The average molecular weight is 237 g/mol. The van der Waals surface area contributed by atoms with Crippen LogP contribution in [0.3, 0.4) is 0 Å². The van der Waals surface area contributed by atoms with Gasteiger partial charge in [-0.15, -0.1) is 0 Å². The lowest BCUT2D eigenvalue weighted by Crippen LogP contribution is -2.41. The summed E-state index contributed by atoms with van der Waals surface area (Å²) in [4.78, 5) is 6.45. The van der Waals surface area contributed by atoms with Crippen LogP contribution in [0.5, 0.6) is 0 Å². The summed E-state index contributed by atoms with van der Waals surface area (Å²) in [7, 11) is 0. The Morgan fingerprint density at radius 3 is 3.12 bits per heavy atom. The molecule has 1 aromatic heterocycles. The Bertz CT molecular complexity index is 400. The lowest BCUT2D eigenvalue weighted by molar-refractivity contribution is 0.271. The summed E-state index contributed by atoms with van der Waals surface area (Å²) in [6.07, 6.45) is 5.85. The van der Waals surface area contributed by atoms with Crippen molar-refractivity contribution in [3.63, 3.8) is 0 Å². The lowest BCUT2D eigenvalue weighted by atomic mass is 10.2. The molecule has 0 spiro atoms. The summed E-state index contributed by atoms with van der Waals surface area (Å²) in [5.41, 5.74) is 5.69. The first-order valence-electron chi connectivity index (χ1n) is 5.91. The molecule has 1 aromatic rings. The number of nitrogens with two attached hydrogens (primary N) is 1. The second-order valence-corrected chi connectivity index (χ2v) is 4.39. The van der Waals surface area contributed by atoms with E-state index in [1.54, 1.807) is 6.20 Å². The van der Waals surface area contributed by atoms with Crippen molar-refractivity contribution in [3.05, 3.63) is 18.2 Å². The average Bonchev–Trinajstić information content (AvgIpc) is 2.94. The summed E-state index contributed by atoms with van der Waals surface area (Å²) >= 11 is 0. The van der Waals surface area contributed by atoms with E-state index >= 15 is 0 Å². The molecule has 1 unspecified atom stereocenters. The van der Waals surface area contributed by atoms with E-state index in [0.717, 1.165) is 38.3 Å². The third-order valence-corrected chi connectivity index (χ3v) is 3.37. The highest BCUT2D eigenvalue weighted by atomic mass is 16.4.